The highest BCUT2D eigenvalue weighted by atomic mass is 35.5. The lowest BCUT2D eigenvalue weighted by Gasteiger charge is -1.97. The number of hydrogen-bond donors (Lipinski definition) is 1. The fourth-order valence-electron chi connectivity index (χ4n) is 2.35. The van der Waals surface area contributed by atoms with E-state index in [1.807, 2.05) is 6.07 Å². The first-order chi connectivity index (χ1) is 11.2. The third-order valence-corrected chi connectivity index (χ3v) is 3.94. The minimum atomic E-state index is -0.507. The summed E-state index contributed by atoms with van der Waals surface area (Å²) in [5.41, 5.74) is 1.57. The van der Waals surface area contributed by atoms with Crippen LogP contribution in [0.25, 0.3) is 22.8 Å². The molecule has 0 radical (unpaired) electrons. The van der Waals surface area contributed by atoms with E-state index in [0.29, 0.717) is 28.6 Å². The number of H-pyrrole nitrogens is 1. The molecule has 0 spiro atoms. The van der Waals surface area contributed by atoms with Crippen LogP contribution in [0.4, 0.5) is 4.39 Å². The van der Waals surface area contributed by atoms with E-state index in [4.69, 9.17) is 21.3 Å². The number of halogens is 2. The van der Waals surface area contributed by atoms with Crippen LogP contribution in [0, 0.1) is 17.1 Å². The van der Waals surface area contributed by atoms with E-state index in [0.717, 1.165) is 12.8 Å². The fourth-order valence-corrected chi connectivity index (χ4v) is 2.53. The van der Waals surface area contributed by atoms with Crippen LogP contribution in [-0.4, -0.2) is 20.4 Å². The Morgan fingerprint density at radius 2 is 2.13 bits per heavy atom. The monoisotopic (exact) mass is 329 g/mol. The number of hydrogen-bond acceptors (Lipinski definition) is 5. The molecule has 1 aliphatic rings. The highest BCUT2D eigenvalue weighted by Crippen LogP contribution is 2.46. The molecule has 1 aliphatic carbocycles. The van der Waals surface area contributed by atoms with E-state index in [1.165, 1.54) is 12.1 Å². The molecule has 0 bridgehead atoms. The van der Waals surface area contributed by atoms with Crippen LogP contribution in [0.15, 0.2) is 22.6 Å². The molecular formula is C15H9ClFN5O. The summed E-state index contributed by atoms with van der Waals surface area (Å²) in [6.07, 6.45) is 1.98. The molecule has 6 nitrogen and oxygen atoms in total. The molecule has 0 unspecified atom stereocenters. The van der Waals surface area contributed by atoms with Gasteiger partial charge in [-0.2, -0.15) is 15.6 Å². The zero-order chi connectivity index (χ0) is 16.0. The summed E-state index contributed by atoms with van der Waals surface area (Å²) in [6.45, 7) is 0. The van der Waals surface area contributed by atoms with E-state index >= 15 is 0 Å². The summed E-state index contributed by atoms with van der Waals surface area (Å²) < 4.78 is 19.2. The van der Waals surface area contributed by atoms with Gasteiger partial charge in [-0.05, 0) is 31.0 Å². The van der Waals surface area contributed by atoms with Gasteiger partial charge in [0.05, 0.1) is 5.02 Å². The first kappa shape index (κ1) is 13.9. The van der Waals surface area contributed by atoms with Crippen LogP contribution in [-0.2, 0) is 0 Å². The average Bonchev–Trinajstić information content (AvgIpc) is 3.12. The standard InChI is InChI=1S/C15H9ClFN5O/c16-9-5-8(3-4-10(9)17)15-19-13(14(23-15)7-1-2-7)12-11(6-18)20-22-21-12/h3-5,7H,1-2H2,(H,20,21,22). The van der Waals surface area contributed by atoms with Crippen molar-refractivity contribution in [1.29, 1.82) is 5.26 Å². The van der Waals surface area contributed by atoms with Crippen LogP contribution in [0.5, 0.6) is 0 Å². The molecule has 0 saturated heterocycles. The van der Waals surface area contributed by atoms with Gasteiger partial charge in [0.15, 0.2) is 11.4 Å². The van der Waals surface area contributed by atoms with E-state index in [9.17, 15) is 4.39 Å². The van der Waals surface area contributed by atoms with Gasteiger partial charge in [0.2, 0.25) is 5.89 Å². The Balaban J connectivity index is 1.86. The summed E-state index contributed by atoms with van der Waals surface area (Å²) in [7, 11) is 0. The Morgan fingerprint density at radius 3 is 2.83 bits per heavy atom. The predicted molar refractivity (Wildman–Crippen MR) is 79.0 cm³/mol. The second-order valence-electron chi connectivity index (χ2n) is 5.27. The largest absolute Gasteiger partial charge is 0.440 e. The van der Waals surface area contributed by atoms with Crippen molar-refractivity contribution < 1.29 is 8.81 Å². The van der Waals surface area contributed by atoms with Crippen molar-refractivity contribution in [2.45, 2.75) is 18.8 Å². The van der Waals surface area contributed by atoms with Crippen LogP contribution in [0.1, 0.15) is 30.2 Å². The number of rotatable bonds is 3. The van der Waals surface area contributed by atoms with Crippen molar-refractivity contribution in [3.63, 3.8) is 0 Å². The van der Waals surface area contributed by atoms with Crippen molar-refractivity contribution in [1.82, 2.24) is 20.4 Å². The Kier molecular flexibility index (Phi) is 3.13. The predicted octanol–water partition coefficient (Wildman–Crippen LogP) is 3.67. The van der Waals surface area contributed by atoms with Gasteiger partial charge in [0.1, 0.15) is 23.3 Å². The summed E-state index contributed by atoms with van der Waals surface area (Å²) in [5, 5.41) is 19.3. The van der Waals surface area contributed by atoms with E-state index in [-0.39, 0.29) is 16.6 Å². The second kappa shape index (κ2) is 5.18. The molecule has 0 amide bonds. The van der Waals surface area contributed by atoms with E-state index in [2.05, 4.69) is 20.4 Å². The zero-order valence-electron chi connectivity index (χ0n) is 11.7. The smallest absolute Gasteiger partial charge is 0.227 e. The van der Waals surface area contributed by atoms with Gasteiger partial charge < -0.3 is 4.42 Å². The molecule has 4 rings (SSSR count). The number of nitrogens with zero attached hydrogens (tertiary/aromatic N) is 4. The quantitative estimate of drug-likeness (QED) is 0.791. The Morgan fingerprint density at radius 1 is 1.30 bits per heavy atom. The lowest BCUT2D eigenvalue weighted by atomic mass is 10.2. The zero-order valence-corrected chi connectivity index (χ0v) is 12.4. The van der Waals surface area contributed by atoms with E-state index in [1.54, 1.807) is 6.07 Å². The summed E-state index contributed by atoms with van der Waals surface area (Å²) in [5.74, 6) is 0.736. The summed E-state index contributed by atoms with van der Waals surface area (Å²) >= 11 is 5.82. The molecule has 1 aromatic carbocycles. The van der Waals surface area contributed by atoms with Crippen LogP contribution < -0.4 is 0 Å². The first-order valence-electron chi connectivity index (χ1n) is 6.94. The highest BCUT2D eigenvalue weighted by Gasteiger charge is 2.34. The molecule has 23 heavy (non-hydrogen) atoms. The number of aromatic nitrogens is 4. The normalized spacial score (nSPS) is 14.0. The number of oxazole rings is 1. The van der Waals surface area contributed by atoms with Crippen LogP contribution in [0.2, 0.25) is 5.02 Å². The van der Waals surface area contributed by atoms with Crippen molar-refractivity contribution in [3.8, 4) is 28.9 Å². The molecule has 8 heteroatoms. The lowest BCUT2D eigenvalue weighted by molar-refractivity contribution is 0.521. The molecule has 2 aromatic heterocycles. The molecule has 0 aliphatic heterocycles. The average molecular weight is 330 g/mol. The minimum absolute atomic E-state index is 0.00521. The van der Waals surface area contributed by atoms with Crippen molar-refractivity contribution >= 4 is 11.6 Å². The maximum atomic E-state index is 13.3. The second-order valence-corrected chi connectivity index (χ2v) is 5.67. The van der Waals surface area contributed by atoms with Crippen molar-refractivity contribution in [2.24, 2.45) is 0 Å². The molecule has 1 N–H and O–H groups in total. The summed E-state index contributed by atoms with van der Waals surface area (Å²) in [6, 6.07) is 6.23. The van der Waals surface area contributed by atoms with Crippen molar-refractivity contribution in [2.75, 3.05) is 0 Å². The molecule has 114 valence electrons. The SMILES string of the molecule is N#Cc1n[nH]nc1-c1nc(-c2ccc(F)c(Cl)c2)oc1C1CC1. The topological polar surface area (TPSA) is 91.4 Å². The third kappa shape index (κ3) is 2.37. The molecule has 1 saturated carbocycles. The van der Waals surface area contributed by atoms with Crippen LogP contribution >= 0.6 is 11.6 Å². The Labute approximate surface area is 134 Å². The maximum absolute atomic E-state index is 13.3. The first-order valence-corrected chi connectivity index (χ1v) is 7.32. The van der Waals surface area contributed by atoms with Gasteiger partial charge in [-0.1, -0.05) is 11.6 Å². The number of aromatic amines is 1. The molecular weight excluding hydrogens is 321 g/mol. The molecule has 1 fully saturated rings. The number of nitrogens with one attached hydrogen (secondary N) is 1. The van der Waals surface area contributed by atoms with Gasteiger partial charge in [-0.25, -0.2) is 9.37 Å². The molecule has 0 atom stereocenters. The Bertz CT molecular complexity index is 938. The molecule has 3 aromatic rings. The molecule has 2 heterocycles. The maximum Gasteiger partial charge on any atom is 0.227 e. The number of benzene rings is 1. The number of nitriles is 1. The van der Waals surface area contributed by atoms with Gasteiger partial charge in [0.25, 0.3) is 0 Å². The Hall–Kier alpha value is -2.72. The van der Waals surface area contributed by atoms with Gasteiger partial charge in [0, 0.05) is 11.5 Å². The van der Waals surface area contributed by atoms with Gasteiger partial charge >= 0.3 is 0 Å². The highest BCUT2D eigenvalue weighted by molar-refractivity contribution is 6.31. The van der Waals surface area contributed by atoms with Crippen molar-refractivity contribution in [3.05, 3.63) is 40.5 Å². The third-order valence-electron chi connectivity index (χ3n) is 3.65. The summed E-state index contributed by atoms with van der Waals surface area (Å²) in [4.78, 5) is 4.44. The van der Waals surface area contributed by atoms with E-state index < -0.39 is 5.82 Å². The van der Waals surface area contributed by atoms with Gasteiger partial charge in [-0.3, -0.25) is 0 Å². The lowest BCUT2D eigenvalue weighted by Crippen LogP contribution is -1.88. The van der Waals surface area contributed by atoms with Crippen LogP contribution in [0.3, 0.4) is 0 Å². The van der Waals surface area contributed by atoms with Gasteiger partial charge in [-0.15, -0.1) is 5.10 Å². The fraction of sp³-hybridized carbons (Fsp3) is 0.200. The minimum Gasteiger partial charge on any atom is -0.440 e.